The van der Waals surface area contributed by atoms with E-state index >= 15 is 0 Å². The van der Waals surface area contributed by atoms with Crippen LogP contribution in [0.25, 0.3) is 0 Å². The minimum absolute atomic E-state index is 0.242. The van der Waals surface area contributed by atoms with Gasteiger partial charge in [-0.05, 0) is 67.6 Å². The van der Waals surface area contributed by atoms with Crippen molar-refractivity contribution in [1.29, 1.82) is 0 Å². The Morgan fingerprint density at radius 1 is 1.19 bits per heavy atom. The van der Waals surface area contributed by atoms with Crippen LogP contribution in [0.2, 0.25) is 0 Å². The highest BCUT2D eigenvalue weighted by Crippen LogP contribution is 2.25. The minimum Gasteiger partial charge on any atom is -0.371 e. The van der Waals surface area contributed by atoms with Gasteiger partial charge in [0.2, 0.25) is 15.9 Å². The highest BCUT2D eigenvalue weighted by molar-refractivity contribution is 7.92. The van der Waals surface area contributed by atoms with Gasteiger partial charge in [-0.15, -0.1) is 0 Å². The van der Waals surface area contributed by atoms with Crippen molar-refractivity contribution >= 4 is 27.3 Å². The highest BCUT2D eigenvalue weighted by atomic mass is 32.2. The molecule has 1 aliphatic heterocycles. The fourth-order valence-electron chi connectivity index (χ4n) is 3.91. The molecule has 1 saturated heterocycles. The molecule has 1 heterocycles. The number of halogens is 1. The first-order chi connectivity index (χ1) is 14.6. The molecule has 2 aromatic carbocycles. The van der Waals surface area contributed by atoms with Crippen molar-refractivity contribution in [3.05, 3.63) is 59.9 Å². The standard InChI is InChI=1S/C23H30FN3O3S/c1-17-5-4-14-26(15-17)21-10-6-19(7-11-21)18(2)25-23(28)16-27(31(3,29)30)22-12-8-20(24)9-13-22/h6-13,17-18H,4-5,14-16H2,1-3H3,(H,25,28)/t17-,18-/m1/s1. The fraction of sp³-hybridized carbons (Fsp3) is 0.435. The summed E-state index contributed by atoms with van der Waals surface area (Å²) in [6, 6.07) is 12.9. The van der Waals surface area contributed by atoms with Crippen LogP contribution in [0, 0.1) is 11.7 Å². The van der Waals surface area contributed by atoms with E-state index in [4.69, 9.17) is 0 Å². The molecule has 0 unspecified atom stereocenters. The van der Waals surface area contributed by atoms with Crippen LogP contribution in [0.1, 0.15) is 38.3 Å². The van der Waals surface area contributed by atoms with Crippen LogP contribution in [0.4, 0.5) is 15.8 Å². The Balaban J connectivity index is 1.64. The molecule has 168 valence electrons. The number of nitrogens with one attached hydrogen (secondary N) is 1. The summed E-state index contributed by atoms with van der Waals surface area (Å²) in [5.74, 6) is -0.223. The van der Waals surface area contributed by atoms with Crippen molar-refractivity contribution in [3.8, 4) is 0 Å². The molecule has 0 bridgehead atoms. The Hall–Kier alpha value is -2.61. The Morgan fingerprint density at radius 2 is 1.84 bits per heavy atom. The number of piperidine rings is 1. The van der Waals surface area contributed by atoms with Crippen LogP contribution in [0.5, 0.6) is 0 Å². The first-order valence-corrected chi connectivity index (χ1v) is 12.4. The van der Waals surface area contributed by atoms with Gasteiger partial charge in [0, 0.05) is 18.8 Å². The molecule has 0 aliphatic carbocycles. The molecule has 1 N–H and O–H groups in total. The van der Waals surface area contributed by atoms with Gasteiger partial charge < -0.3 is 10.2 Å². The molecule has 1 aliphatic rings. The van der Waals surface area contributed by atoms with Crippen molar-refractivity contribution in [2.24, 2.45) is 5.92 Å². The fourth-order valence-corrected chi connectivity index (χ4v) is 4.76. The second-order valence-corrected chi connectivity index (χ2v) is 10.2. The van der Waals surface area contributed by atoms with E-state index in [0.717, 1.165) is 29.2 Å². The van der Waals surface area contributed by atoms with E-state index in [1.54, 1.807) is 0 Å². The topological polar surface area (TPSA) is 69.7 Å². The summed E-state index contributed by atoms with van der Waals surface area (Å²) in [6.07, 6.45) is 3.48. The molecule has 3 rings (SSSR count). The van der Waals surface area contributed by atoms with Gasteiger partial charge in [0.05, 0.1) is 18.0 Å². The SMILES string of the molecule is C[C@@H]1CCCN(c2ccc([C@@H](C)NC(=O)CN(c3ccc(F)cc3)S(C)(=O)=O)cc2)C1. The van der Waals surface area contributed by atoms with Crippen LogP contribution in [-0.4, -0.2) is 40.2 Å². The molecule has 0 radical (unpaired) electrons. The van der Waals surface area contributed by atoms with Crippen molar-refractivity contribution in [2.75, 3.05) is 35.1 Å². The predicted molar refractivity (Wildman–Crippen MR) is 122 cm³/mol. The van der Waals surface area contributed by atoms with Gasteiger partial charge >= 0.3 is 0 Å². The quantitative estimate of drug-likeness (QED) is 0.703. The first kappa shape index (κ1) is 23.1. The molecule has 6 nitrogen and oxygen atoms in total. The Morgan fingerprint density at radius 3 is 2.42 bits per heavy atom. The molecule has 0 saturated carbocycles. The molecule has 2 atom stereocenters. The lowest BCUT2D eigenvalue weighted by Gasteiger charge is -2.33. The van der Waals surface area contributed by atoms with Crippen LogP contribution in [0.15, 0.2) is 48.5 Å². The lowest BCUT2D eigenvalue weighted by Crippen LogP contribution is -2.41. The van der Waals surface area contributed by atoms with Crippen molar-refractivity contribution in [1.82, 2.24) is 5.32 Å². The maximum Gasteiger partial charge on any atom is 0.241 e. The molecular weight excluding hydrogens is 417 g/mol. The third-order valence-electron chi connectivity index (χ3n) is 5.59. The monoisotopic (exact) mass is 447 g/mol. The van der Waals surface area contributed by atoms with E-state index in [2.05, 4.69) is 29.3 Å². The molecule has 0 spiro atoms. The van der Waals surface area contributed by atoms with Crippen molar-refractivity contribution in [3.63, 3.8) is 0 Å². The summed E-state index contributed by atoms with van der Waals surface area (Å²) in [7, 11) is -3.70. The second kappa shape index (κ2) is 9.68. The maximum atomic E-state index is 13.2. The zero-order valence-electron chi connectivity index (χ0n) is 18.2. The average Bonchev–Trinajstić information content (AvgIpc) is 2.72. The van der Waals surface area contributed by atoms with Gasteiger partial charge in [-0.25, -0.2) is 12.8 Å². The number of amides is 1. The number of hydrogen-bond donors (Lipinski definition) is 1. The Bertz CT molecular complexity index is 994. The number of anilines is 2. The van der Waals surface area contributed by atoms with E-state index in [0.29, 0.717) is 5.92 Å². The second-order valence-electron chi connectivity index (χ2n) is 8.32. The van der Waals surface area contributed by atoms with Crippen molar-refractivity contribution in [2.45, 2.75) is 32.7 Å². The zero-order valence-corrected chi connectivity index (χ0v) is 19.0. The zero-order chi connectivity index (χ0) is 22.6. The summed E-state index contributed by atoms with van der Waals surface area (Å²) in [5, 5.41) is 2.85. The molecule has 2 aromatic rings. The molecule has 8 heteroatoms. The van der Waals surface area contributed by atoms with Crippen LogP contribution >= 0.6 is 0 Å². The normalized spacial score (nSPS) is 17.8. The highest BCUT2D eigenvalue weighted by Gasteiger charge is 2.22. The first-order valence-electron chi connectivity index (χ1n) is 10.5. The third-order valence-corrected chi connectivity index (χ3v) is 6.74. The number of carbonyl (C=O) groups excluding carboxylic acids is 1. The number of hydrogen-bond acceptors (Lipinski definition) is 4. The van der Waals surface area contributed by atoms with E-state index in [-0.39, 0.29) is 18.3 Å². The lowest BCUT2D eigenvalue weighted by molar-refractivity contribution is -0.120. The smallest absolute Gasteiger partial charge is 0.241 e. The van der Waals surface area contributed by atoms with E-state index in [1.165, 1.54) is 42.8 Å². The van der Waals surface area contributed by atoms with E-state index in [9.17, 15) is 17.6 Å². The summed E-state index contributed by atoms with van der Waals surface area (Å²) < 4.78 is 38.5. The summed E-state index contributed by atoms with van der Waals surface area (Å²) in [4.78, 5) is 15.0. The maximum absolute atomic E-state index is 13.2. The van der Waals surface area contributed by atoms with Gasteiger partial charge in [-0.2, -0.15) is 0 Å². The number of nitrogens with zero attached hydrogens (tertiary/aromatic N) is 2. The average molecular weight is 448 g/mol. The number of sulfonamides is 1. The Kier molecular flexibility index (Phi) is 7.20. The largest absolute Gasteiger partial charge is 0.371 e. The summed E-state index contributed by atoms with van der Waals surface area (Å²) >= 11 is 0. The molecule has 31 heavy (non-hydrogen) atoms. The van der Waals surface area contributed by atoms with E-state index < -0.39 is 21.7 Å². The molecule has 1 amide bonds. The van der Waals surface area contributed by atoms with Gasteiger partial charge in [-0.1, -0.05) is 19.1 Å². The number of rotatable bonds is 7. The van der Waals surface area contributed by atoms with Crippen LogP contribution in [0.3, 0.4) is 0 Å². The molecule has 1 fully saturated rings. The van der Waals surface area contributed by atoms with Gasteiger partial charge in [0.25, 0.3) is 0 Å². The van der Waals surface area contributed by atoms with Gasteiger partial charge in [-0.3, -0.25) is 9.10 Å². The number of carbonyl (C=O) groups is 1. The van der Waals surface area contributed by atoms with Gasteiger partial charge in [0.1, 0.15) is 12.4 Å². The minimum atomic E-state index is -3.70. The van der Waals surface area contributed by atoms with Crippen LogP contribution < -0.4 is 14.5 Å². The lowest BCUT2D eigenvalue weighted by atomic mass is 9.99. The third kappa shape index (κ3) is 6.19. The summed E-state index contributed by atoms with van der Waals surface area (Å²) in [6.45, 7) is 5.86. The van der Waals surface area contributed by atoms with Gasteiger partial charge in [0.15, 0.2) is 0 Å². The Labute approximate surface area is 184 Å². The van der Waals surface area contributed by atoms with Crippen LogP contribution in [-0.2, 0) is 14.8 Å². The molecular formula is C23H30FN3O3S. The van der Waals surface area contributed by atoms with Crippen molar-refractivity contribution < 1.29 is 17.6 Å². The molecule has 0 aromatic heterocycles. The summed E-state index contributed by atoms with van der Waals surface area (Å²) in [5.41, 5.74) is 2.36. The van der Waals surface area contributed by atoms with E-state index in [1.807, 2.05) is 19.1 Å². The predicted octanol–water partition coefficient (Wildman–Crippen LogP) is 3.71. The number of benzene rings is 2.